The van der Waals surface area contributed by atoms with Crippen LogP contribution in [0.5, 0.6) is 0 Å². The van der Waals surface area contributed by atoms with Crippen molar-refractivity contribution in [2.75, 3.05) is 11.4 Å². The van der Waals surface area contributed by atoms with Gasteiger partial charge in [-0.15, -0.1) is 0 Å². The molecule has 2 nitrogen and oxygen atoms in total. The van der Waals surface area contributed by atoms with Crippen molar-refractivity contribution in [3.8, 4) is 0 Å². The van der Waals surface area contributed by atoms with Crippen molar-refractivity contribution in [3.63, 3.8) is 0 Å². The van der Waals surface area contributed by atoms with Crippen LogP contribution in [0.2, 0.25) is 0 Å². The Morgan fingerprint density at radius 3 is 2.76 bits per heavy atom. The van der Waals surface area contributed by atoms with Crippen molar-refractivity contribution in [1.29, 1.82) is 0 Å². The third-order valence-electron chi connectivity index (χ3n) is 2.86. The molecule has 0 bridgehead atoms. The Labute approximate surface area is 112 Å². The summed E-state index contributed by atoms with van der Waals surface area (Å²) < 4.78 is 1.06. The molecule has 0 N–H and O–H groups in total. The van der Waals surface area contributed by atoms with E-state index in [1.54, 1.807) is 0 Å². The van der Waals surface area contributed by atoms with E-state index in [9.17, 15) is 0 Å². The fraction of sp³-hybridized carbons (Fsp3) is 0.500. The van der Waals surface area contributed by atoms with Crippen LogP contribution in [-0.4, -0.2) is 11.5 Å². The lowest BCUT2D eigenvalue weighted by Gasteiger charge is -2.36. The molecule has 92 valence electrons. The van der Waals surface area contributed by atoms with Gasteiger partial charge in [0.2, 0.25) is 0 Å². The highest BCUT2D eigenvalue weighted by Crippen LogP contribution is 2.34. The standard InChI is InChI=1S/C14H19BrN2/c1-10-5-6-11-7-12(15)8-16-13(11)17(10)9-14(2,3)4/h7-8H,1,5-6,9H2,2-4H3. The maximum atomic E-state index is 4.55. The summed E-state index contributed by atoms with van der Waals surface area (Å²) >= 11 is 3.48. The molecule has 3 heteroatoms. The molecule has 0 spiro atoms. The smallest absolute Gasteiger partial charge is 0.135 e. The van der Waals surface area contributed by atoms with Gasteiger partial charge in [-0.1, -0.05) is 27.4 Å². The van der Waals surface area contributed by atoms with Gasteiger partial charge < -0.3 is 4.90 Å². The normalized spacial score (nSPS) is 16.0. The predicted molar refractivity (Wildman–Crippen MR) is 76.2 cm³/mol. The molecule has 17 heavy (non-hydrogen) atoms. The molecule has 0 unspecified atom stereocenters. The third-order valence-corrected chi connectivity index (χ3v) is 3.30. The van der Waals surface area contributed by atoms with Gasteiger partial charge in [-0.25, -0.2) is 4.98 Å². The maximum Gasteiger partial charge on any atom is 0.135 e. The number of hydrogen-bond donors (Lipinski definition) is 0. The van der Waals surface area contributed by atoms with Gasteiger partial charge in [0.15, 0.2) is 0 Å². The predicted octanol–water partition coefficient (Wildman–Crippen LogP) is 4.16. The highest BCUT2D eigenvalue weighted by Gasteiger charge is 2.25. The van der Waals surface area contributed by atoms with Crippen LogP contribution < -0.4 is 4.90 Å². The molecule has 0 aromatic carbocycles. The molecule has 2 heterocycles. The topological polar surface area (TPSA) is 16.1 Å². The first-order valence-electron chi connectivity index (χ1n) is 5.96. The molecular formula is C14H19BrN2. The zero-order valence-corrected chi connectivity index (χ0v) is 12.3. The summed E-state index contributed by atoms with van der Waals surface area (Å²) in [7, 11) is 0. The van der Waals surface area contributed by atoms with E-state index in [4.69, 9.17) is 0 Å². The fourth-order valence-corrected chi connectivity index (χ4v) is 2.50. The van der Waals surface area contributed by atoms with Crippen LogP contribution in [0.4, 0.5) is 5.82 Å². The Kier molecular flexibility index (Phi) is 3.30. The van der Waals surface area contributed by atoms with Gasteiger partial charge in [-0.2, -0.15) is 0 Å². The number of fused-ring (bicyclic) bond motifs is 1. The fourth-order valence-electron chi connectivity index (χ4n) is 2.13. The molecule has 0 saturated heterocycles. The molecule has 1 aromatic rings. The van der Waals surface area contributed by atoms with E-state index in [1.807, 2.05) is 6.20 Å². The van der Waals surface area contributed by atoms with E-state index in [0.29, 0.717) is 0 Å². The lowest BCUT2D eigenvalue weighted by molar-refractivity contribution is 0.414. The Hall–Kier alpha value is -0.830. The van der Waals surface area contributed by atoms with E-state index >= 15 is 0 Å². The molecular weight excluding hydrogens is 276 g/mol. The highest BCUT2D eigenvalue weighted by atomic mass is 79.9. The van der Waals surface area contributed by atoms with E-state index in [1.165, 1.54) is 11.3 Å². The van der Waals surface area contributed by atoms with E-state index < -0.39 is 0 Å². The number of anilines is 1. The van der Waals surface area contributed by atoms with E-state index in [2.05, 4.69) is 59.2 Å². The summed E-state index contributed by atoms with van der Waals surface area (Å²) in [5.74, 6) is 1.08. The van der Waals surface area contributed by atoms with Crippen molar-refractivity contribution in [2.45, 2.75) is 33.6 Å². The molecule has 2 rings (SSSR count). The van der Waals surface area contributed by atoms with Gasteiger partial charge in [0.25, 0.3) is 0 Å². The van der Waals surface area contributed by atoms with Crippen molar-refractivity contribution in [3.05, 3.63) is 34.6 Å². The first kappa shape index (κ1) is 12.6. The highest BCUT2D eigenvalue weighted by molar-refractivity contribution is 9.10. The van der Waals surface area contributed by atoms with Crippen LogP contribution in [0.15, 0.2) is 29.0 Å². The van der Waals surface area contributed by atoms with Crippen molar-refractivity contribution in [1.82, 2.24) is 4.98 Å². The SMILES string of the molecule is C=C1CCc2cc(Br)cnc2N1CC(C)(C)C. The molecule has 0 atom stereocenters. The number of aromatic nitrogens is 1. The minimum absolute atomic E-state index is 0.242. The van der Waals surface area contributed by atoms with Gasteiger partial charge in [0.05, 0.1) is 0 Å². The van der Waals surface area contributed by atoms with Gasteiger partial charge in [-0.3, -0.25) is 0 Å². The molecule has 0 amide bonds. The van der Waals surface area contributed by atoms with Crippen LogP contribution in [-0.2, 0) is 6.42 Å². The molecule has 1 aromatic heterocycles. The van der Waals surface area contributed by atoms with Gasteiger partial charge in [0.1, 0.15) is 5.82 Å². The number of rotatable bonds is 1. The second kappa shape index (κ2) is 4.45. The summed E-state index contributed by atoms with van der Waals surface area (Å²) in [5.41, 5.74) is 2.74. The zero-order valence-electron chi connectivity index (χ0n) is 10.8. The summed E-state index contributed by atoms with van der Waals surface area (Å²) in [6, 6.07) is 2.17. The number of halogens is 1. The molecule has 0 radical (unpaired) electrons. The Morgan fingerprint density at radius 1 is 1.41 bits per heavy atom. The minimum Gasteiger partial charge on any atom is -0.330 e. The summed E-state index contributed by atoms with van der Waals surface area (Å²) in [6.07, 6.45) is 3.94. The van der Waals surface area contributed by atoms with Gasteiger partial charge in [0, 0.05) is 22.9 Å². The second-order valence-electron chi connectivity index (χ2n) is 5.85. The lowest BCUT2D eigenvalue weighted by Crippen LogP contribution is -2.35. The van der Waals surface area contributed by atoms with E-state index in [-0.39, 0.29) is 5.41 Å². The molecule has 0 aliphatic carbocycles. The third kappa shape index (κ3) is 2.89. The number of pyridine rings is 1. The Balaban J connectivity index is 2.37. The number of nitrogens with zero attached hydrogens (tertiary/aromatic N) is 2. The molecule has 0 fully saturated rings. The van der Waals surface area contributed by atoms with Crippen molar-refractivity contribution in [2.24, 2.45) is 5.41 Å². The molecule has 1 aliphatic rings. The zero-order chi connectivity index (χ0) is 12.6. The first-order chi connectivity index (χ1) is 7.87. The summed E-state index contributed by atoms with van der Waals surface area (Å²) in [4.78, 5) is 6.82. The van der Waals surface area contributed by atoms with Crippen molar-refractivity contribution < 1.29 is 0 Å². The lowest BCUT2D eigenvalue weighted by atomic mass is 9.93. The largest absolute Gasteiger partial charge is 0.330 e. The number of allylic oxidation sites excluding steroid dienone is 1. The van der Waals surface area contributed by atoms with Gasteiger partial charge >= 0.3 is 0 Å². The van der Waals surface area contributed by atoms with Crippen LogP contribution >= 0.6 is 15.9 Å². The Bertz CT molecular complexity index is 446. The average molecular weight is 295 g/mol. The average Bonchev–Trinajstić information content (AvgIpc) is 2.21. The quantitative estimate of drug-likeness (QED) is 0.773. The van der Waals surface area contributed by atoms with Crippen LogP contribution in [0.1, 0.15) is 32.8 Å². The first-order valence-corrected chi connectivity index (χ1v) is 6.76. The Morgan fingerprint density at radius 2 is 2.12 bits per heavy atom. The summed E-state index contributed by atoms with van der Waals surface area (Å²) in [5, 5.41) is 0. The second-order valence-corrected chi connectivity index (χ2v) is 6.76. The number of aryl methyl sites for hydroxylation is 1. The van der Waals surface area contributed by atoms with Crippen LogP contribution in [0, 0.1) is 5.41 Å². The monoisotopic (exact) mass is 294 g/mol. The minimum atomic E-state index is 0.242. The number of hydrogen-bond acceptors (Lipinski definition) is 2. The maximum absolute atomic E-state index is 4.55. The van der Waals surface area contributed by atoms with Crippen LogP contribution in [0.3, 0.4) is 0 Å². The van der Waals surface area contributed by atoms with Crippen LogP contribution in [0.25, 0.3) is 0 Å². The molecule has 0 saturated carbocycles. The molecule has 1 aliphatic heterocycles. The summed E-state index contributed by atoms with van der Waals surface area (Å²) in [6.45, 7) is 11.9. The van der Waals surface area contributed by atoms with E-state index in [0.717, 1.165) is 29.7 Å². The van der Waals surface area contributed by atoms with Crippen molar-refractivity contribution >= 4 is 21.7 Å². The van der Waals surface area contributed by atoms with Gasteiger partial charge in [-0.05, 0) is 45.8 Å².